The molecule has 8 heteroatoms. The number of hydrogen-bond donors (Lipinski definition) is 1. The third-order valence-corrected chi connectivity index (χ3v) is 7.53. The number of ketones is 2. The predicted octanol–water partition coefficient (Wildman–Crippen LogP) is 5.09. The number of nitrogens with one attached hydrogen (secondary N) is 1. The molecule has 0 unspecified atom stereocenters. The number of ether oxygens (including phenoxy) is 1. The number of benzene rings is 3. The van der Waals surface area contributed by atoms with Gasteiger partial charge in [0.2, 0.25) is 0 Å². The number of nitrogens with zero attached hydrogens (tertiary/aromatic N) is 3. The van der Waals surface area contributed by atoms with E-state index < -0.39 is 17.9 Å². The fourth-order valence-corrected chi connectivity index (χ4v) is 5.85. The Labute approximate surface area is 219 Å². The number of rotatable bonds is 5. The zero-order chi connectivity index (χ0) is 25.4. The Morgan fingerprint density at radius 2 is 1.78 bits per heavy atom. The summed E-state index contributed by atoms with van der Waals surface area (Å²) in [4.78, 5) is 32.1. The molecule has 7 nitrogen and oxygen atoms in total. The lowest BCUT2D eigenvalue weighted by atomic mass is 9.69. The van der Waals surface area contributed by atoms with Crippen molar-refractivity contribution in [2.24, 2.45) is 5.92 Å². The van der Waals surface area contributed by atoms with E-state index in [1.807, 2.05) is 54.6 Å². The molecule has 6 rings (SSSR count). The van der Waals surface area contributed by atoms with Gasteiger partial charge in [0.25, 0.3) is 0 Å². The van der Waals surface area contributed by atoms with Crippen LogP contribution in [0.4, 0.5) is 0 Å². The van der Waals surface area contributed by atoms with Crippen molar-refractivity contribution in [3.8, 4) is 11.5 Å². The molecule has 186 valence electrons. The van der Waals surface area contributed by atoms with E-state index in [0.29, 0.717) is 23.1 Å². The SMILES string of the molecule is O=C1C[C@H](c2ccccc2Oc2cccc(Cl)c2)[C@H](n2cncn2)C(=O)[C@H]1[C@H]1NCCc2ccccc21. The number of Topliss-reactive ketones (excluding diaryl/α,β-unsaturated/α-hetero) is 2. The van der Waals surface area contributed by atoms with Crippen molar-refractivity contribution in [2.75, 3.05) is 6.54 Å². The van der Waals surface area contributed by atoms with Crippen LogP contribution in [-0.4, -0.2) is 32.9 Å². The summed E-state index contributed by atoms with van der Waals surface area (Å²) >= 11 is 6.16. The van der Waals surface area contributed by atoms with Crippen molar-refractivity contribution in [2.45, 2.75) is 30.8 Å². The summed E-state index contributed by atoms with van der Waals surface area (Å²) in [6.07, 6.45) is 4.01. The molecule has 2 heterocycles. The van der Waals surface area contributed by atoms with Crippen LogP contribution in [0, 0.1) is 5.92 Å². The van der Waals surface area contributed by atoms with Gasteiger partial charge < -0.3 is 10.1 Å². The Balaban J connectivity index is 1.40. The van der Waals surface area contributed by atoms with Crippen molar-refractivity contribution in [3.05, 3.63) is 107 Å². The van der Waals surface area contributed by atoms with Gasteiger partial charge in [0.15, 0.2) is 5.78 Å². The zero-order valence-corrected chi connectivity index (χ0v) is 20.7. The maximum absolute atomic E-state index is 14.2. The highest BCUT2D eigenvalue weighted by Gasteiger charge is 2.49. The molecule has 0 saturated heterocycles. The Kier molecular flexibility index (Phi) is 6.32. The fourth-order valence-electron chi connectivity index (χ4n) is 5.67. The molecule has 2 aliphatic rings. The van der Waals surface area contributed by atoms with Crippen LogP contribution >= 0.6 is 11.6 Å². The van der Waals surface area contributed by atoms with Gasteiger partial charge in [-0.05, 0) is 48.4 Å². The second-order valence-corrected chi connectivity index (χ2v) is 9.89. The first kappa shape index (κ1) is 23.6. The third-order valence-electron chi connectivity index (χ3n) is 7.29. The van der Waals surface area contributed by atoms with E-state index in [1.165, 1.54) is 11.9 Å². The number of aromatic nitrogens is 3. The highest BCUT2D eigenvalue weighted by atomic mass is 35.5. The quantitative estimate of drug-likeness (QED) is 0.375. The number of para-hydroxylation sites is 1. The first-order chi connectivity index (χ1) is 18.1. The molecule has 3 aromatic carbocycles. The van der Waals surface area contributed by atoms with Crippen LogP contribution in [-0.2, 0) is 16.0 Å². The Morgan fingerprint density at radius 1 is 0.973 bits per heavy atom. The molecule has 1 aromatic heterocycles. The lowest BCUT2D eigenvalue weighted by Crippen LogP contribution is -2.49. The van der Waals surface area contributed by atoms with Crippen molar-refractivity contribution in [3.63, 3.8) is 0 Å². The lowest BCUT2D eigenvalue weighted by Gasteiger charge is -2.39. The van der Waals surface area contributed by atoms with E-state index >= 15 is 0 Å². The predicted molar refractivity (Wildman–Crippen MR) is 139 cm³/mol. The molecular weight excluding hydrogens is 488 g/mol. The maximum Gasteiger partial charge on any atom is 0.170 e. The molecule has 0 spiro atoms. The smallest absolute Gasteiger partial charge is 0.170 e. The summed E-state index contributed by atoms with van der Waals surface area (Å²) in [5.41, 5.74) is 2.95. The van der Waals surface area contributed by atoms with Crippen LogP contribution in [0.3, 0.4) is 0 Å². The van der Waals surface area contributed by atoms with E-state index in [9.17, 15) is 9.59 Å². The average molecular weight is 513 g/mol. The van der Waals surface area contributed by atoms with Crippen molar-refractivity contribution in [1.82, 2.24) is 20.1 Å². The van der Waals surface area contributed by atoms with Crippen LogP contribution in [0.1, 0.15) is 41.1 Å². The molecule has 1 fully saturated rings. The Hall–Kier alpha value is -3.81. The number of halogens is 1. The first-order valence-corrected chi connectivity index (χ1v) is 12.7. The van der Waals surface area contributed by atoms with Gasteiger partial charge in [-0.15, -0.1) is 0 Å². The van der Waals surface area contributed by atoms with Crippen LogP contribution in [0.25, 0.3) is 0 Å². The molecule has 1 aliphatic heterocycles. The average Bonchev–Trinajstić information content (AvgIpc) is 3.43. The molecule has 1 saturated carbocycles. The van der Waals surface area contributed by atoms with Crippen LogP contribution in [0.15, 0.2) is 85.5 Å². The monoisotopic (exact) mass is 512 g/mol. The first-order valence-electron chi connectivity index (χ1n) is 12.3. The standard InChI is InChI=1S/C29H25ClN4O3/c30-19-7-5-8-20(14-19)37-25-11-4-3-10-22(25)23-15-24(35)26(29(36)28(23)34-17-31-16-33-34)27-21-9-2-1-6-18(21)12-13-32-27/h1-11,14,16-17,23,26-28,32H,12-13,15H2/t23-,26-,27+,28+/m1/s1. The second-order valence-electron chi connectivity index (χ2n) is 9.46. The van der Waals surface area contributed by atoms with Gasteiger partial charge in [-0.25, -0.2) is 9.67 Å². The molecule has 4 aromatic rings. The largest absolute Gasteiger partial charge is 0.457 e. The van der Waals surface area contributed by atoms with Gasteiger partial charge in [0.1, 0.15) is 36.0 Å². The highest BCUT2D eigenvalue weighted by Crippen LogP contribution is 2.46. The third kappa shape index (κ3) is 4.45. The lowest BCUT2D eigenvalue weighted by molar-refractivity contribution is -0.141. The van der Waals surface area contributed by atoms with Gasteiger partial charge in [-0.1, -0.05) is 60.1 Å². The normalized spacial score (nSPS) is 23.5. The maximum atomic E-state index is 14.2. The number of carbonyl (C=O) groups excluding carboxylic acids is 2. The number of fused-ring (bicyclic) bond motifs is 1. The summed E-state index contributed by atoms with van der Waals surface area (Å²) < 4.78 is 7.79. The second kappa shape index (κ2) is 9.92. The van der Waals surface area contributed by atoms with Crippen molar-refractivity contribution >= 4 is 23.2 Å². The van der Waals surface area contributed by atoms with E-state index in [0.717, 1.165) is 17.5 Å². The Bertz CT molecular complexity index is 1460. The minimum absolute atomic E-state index is 0.0851. The topological polar surface area (TPSA) is 86.1 Å². The van der Waals surface area contributed by atoms with Gasteiger partial charge >= 0.3 is 0 Å². The van der Waals surface area contributed by atoms with Crippen LogP contribution in [0.2, 0.25) is 5.02 Å². The van der Waals surface area contributed by atoms with Crippen LogP contribution < -0.4 is 10.1 Å². The van der Waals surface area contributed by atoms with Gasteiger partial charge in [0.05, 0.1) is 5.92 Å². The summed E-state index contributed by atoms with van der Waals surface area (Å²) in [7, 11) is 0. The van der Waals surface area contributed by atoms with Crippen molar-refractivity contribution < 1.29 is 14.3 Å². The zero-order valence-electron chi connectivity index (χ0n) is 20.0. The summed E-state index contributed by atoms with van der Waals surface area (Å²) in [6.45, 7) is 0.715. The fraction of sp³-hybridized carbons (Fsp3) is 0.241. The van der Waals surface area contributed by atoms with Gasteiger partial charge in [0, 0.05) is 29.0 Å². The summed E-state index contributed by atoms with van der Waals surface area (Å²) in [5, 5.41) is 8.34. The molecule has 37 heavy (non-hydrogen) atoms. The van der Waals surface area contributed by atoms with Crippen LogP contribution in [0.5, 0.6) is 11.5 Å². The van der Waals surface area contributed by atoms with E-state index in [1.54, 1.807) is 23.1 Å². The minimum atomic E-state index is -0.812. The van der Waals surface area contributed by atoms with Gasteiger partial charge in [-0.3, -0.25) is 9.59 Å². The number of hydrogen-bond acceptors (Lipinski definition) is 6. The van der Waals surface area contributed by atoms with E-state index in [2.05, 4.69) is 21.5 Å². The molecule has 0 bridgehead atoms. The summed E-state index contributed by atoms with van der Waals surface area (Å²) in [5.74, 6) is -0.386. The minimum Gasteiger partial charge on any atom is -0.457 e. The molecular formula is C29H25ClN4O3. The summed E-state index contributed by atoms with van der Waals surface area (Å²) in [6, 6.07) is 21.6. The van der Waals surface area contributed by atoms with E-state index in [4.69, 9.17) is 16.3 Å². The number of carbonyl (C=O) groups is 2. The molecule has 0 radical (unpaired) electrons. The molecule has 1 aliphatic carbocycles. The molecule has 4 atom stereocenters. The van der Waals surface area contributed by atoms with E-state index in [-0.39, 0.29) is 24.0 Å². The highest BCUT2D eigenvalue weighted by molar-refractivity contribution is 6.30. The molecule has 0 amide bonds. The Morgan fingerprint density at radius 3 is 2.59 bits per heavy atom. The van der Waals surface area contributed by atoms with Gasteiger partial charge in [-0.2, -0.15) is 5.10 Å². The van der Waals surface area contributed by atoms with Crippen molar-refractivity contribution in [1.29, 1.82) is 0 Å². The molecule has 1 N–H and O–H groups in total.